The molecule has 40 heavy (non-hydrogen) atoms. The van der Waals surface area contributed by atoms with Gasteiger partial charge < -0.3 is 27.0 Å². The van der Waals surface area contributed by atoms with Crippen LogP contribution in [0.3, 0.4) is 0 Å². The van der Waals surface area contributed by atoms with E-state index in [2.05, 4.69) is 21.3 Å². The molecule has 3 atom stereocenters. The molecule has 0 bridgehead atoms. The van der Waals surface area contributed by atoms with Crippen molar-refractivity contribution in [1.82, 2.24) is 21.3 Å². The van der Waals surface area contributed by atoms with E-state index < -0.39 is 41.8 Å². The van der Waals surface area contributed by atoms with Crippen LogP contribution in [0.15, 0.2) is 66.4 Å². The summed E-state index contributed by atoms with van der Waals surface area (Å²) in [5, 5.41) is 10.6. The van der Waals surface area contributed by atoms with E-state index in [4.69, 9.17) is 5.73 Å². The number of hydrogen-bond acceptors (Lipinski definition) is 5. The molecule has 2 rings (SSSR count). The van der Waals surface area contributed by atoms with Crippen molar-refractivity contribution in [3.8, 4) is 0 Å². The second-order valence-electron chi connectivity index (χ2n) is 10.2. The fourth-order valence-electron chi connectivity index (χ4n) is 3.95. The summed E-state index contributed by atoms with van der Waals surface area (Å²) in [6.07, 6.45) is 1.60. The number of nitrogens with two attached hydrogens (primary N) is 1. The van der Waals surface area contributed by atoms with Crippen molar-refractivity contribution in [2.75, 3.05) is 0 Å². The molecule has 0 heterocycles. The number of benzene rings is 2. The molecular weight excluding hydrogens is 510 g/mol. The van der Waals surface area contributed by atoms with Gasteiger partial charge in [0, 0.05) is 13.3 Å². The highest BCUT2D eigenvalue weighted by molar-refractivity contribution is 6.04. The SMILES string of the molecule is CC(=O)N[C@H](C(=O)N[C@@H](Cc1ccccc1)C(=O)N/C(=C/c1ccccc1)C(=O)N[C@H](C(N)=O)C(C)C)C(C)C. The summed E-state index contributed by atoms with van der Waals surface area (Å²) < 4.78 is 0. The van der Waals surface area contributed by atoms with Gasteiger partial charge in [0.15, 0.2) is 0 Å². The molecule has 0 aliphatic heterocycles. The van der Waals surface area contributed by atoms with Gasteiger partial charge in [0.1, 0.15) is 23.8 Å². The number of primary amides is 1. The maximum absolute atomic E-state index is 13.6. The van der Waals surface area contributed by atoms with Crippen LogP contribution in [0.2, 0.25) is 0 Å². The maximum atomic E-state index is 13.6. The molecule has 0 aromatic heterocycles. The van der Waals surface area contributed by atoms with Crippen LogP contribution in [0.4, 0.5) is 0 Å². The Morgan fingerprint density at radius 2 is 1.30 bits per heavy atom. The third-order valence-corrected chi connectivity index (χ3v) is 6.10. The van der Waals surface area contributed by atoms with Crippen LogP contribution < -0.4 is 27.0 Å². The van der Waals surface area contributed by atoms with E-state index in [1.807, 2.05) is 36.4 Å². The van der Waals surface area contributed by atoms with E-state index in [0.717, 1.165) is 5.56 Å². The van der Waals surface area contributed by atoms with Crippen LogP contribution in [-0.2, 0) is 30.4 Å². The van der Waals surface area contributed by atoms with E-state index in [0.29, 0.717) is 5.56 Å². The summed E-state index contributed by atoms with van der Waals surface area (Å²) in [5.74, 6) is -3.52. The Labute approximate surface area is 235 Å². The fraction of sp³-hybridized carbons (Fsp3) is 0.367. The lowest BCUT2D eigenvalue weighted by molar-refractivity contribution is -0.132. The Kier molecular flexibility index (Phi) is 12.1. The highest BCUT2D eigenvalue weighted by Gasteiger charge is 2.30. The van der Waals surface area contributed by atoms with E-state index in [1.165, 1.54) is 13.0 Å². The first-order chi connectivity index (χ1) is 18.9. The van der Waals surface area contributed by atoms with Crippen LogP contribution in [0.5, 0.6) is 0 Å². The normalized spacial score (nSPS) is 13.6. The first-order valence-corrected chi connectivity index (χ1v) is 13.2. The average molecular weight is 550 g/mol. The summed E-state index contributed by atoms with van der Waals surface area (Å²) in [4.78, 5) is 63.7. The average Bonchev–Trinajstić information content (AvgIpc) is 2.89. The van der Waals surface area contributed by atoms with Gasteiger partial charge in [0.2, 0.25) is 23.6 Å². The molecule has 10 heteroatoms. The van der Waals surface area contributed by atoms with Gasteiger partial charge in [0.25, 0.3) is 5.91 Å². The molecule has 0 saturated heterocycles. The lowest BCUT2D eigenvalue weighted by atomic mass is 10.0. The van der Waals surface area contributed by atoms with Crippen LogP contribution >= 0.6 is 0 Å². The van der Waals surface area contributed by atoms with Crippen molar-refractivity contribution in [2.24, 2.45) is 17.6 Å². The Balaban J connectivity index is 2.41. The monoisotopic (exact) mass is 549 g/mol. The van der Waals surface area contributed by atoms with E-state index in [-0.39, 0.29) is 29.9 Å². The van der Waals surface area contributed by atoms with Gasteiger partial charge in [-0.2, -0.15) is 0 Å². The highest BCUT2D eigenvalue weighted by Crippen LogP contribution is 2.11. The molecule has 0 unspecified atom stereocenters. The molecule has 0 saturated carbocycles. The van der Waals surface area contributed by atoms with Gasteiger partial charge in [-0.15, -0.1) is 0 Å². The summed E-state index contributed by atoms with van der Waals surface area (Å²) in [5.41, 5.74) is 6.75. The molecule has 0 radical (unpaired) electrons. The second kappa shape index (κ2) is 15.2. The van der Waals surface area contributed by atoms with Gasteiger partial charge in [-0.1, -0.05) is 88.4 Å². The lowest BCUT2D eigenvalue weighted by Crippen LogP contribution is -2.56. The quantitative estimate of drug-likeness (QED) is 0.240. The van der Waals surface area contributed by atoms with Gasteiger partial charge >= 0.3 is 0 Å². The summed E-state index contributed by atoms with van der Waals surface area (Å²) in [6.45, 7) is 8.34. The molecule has 6 N–H and O–H groups in total. The zero-order valence-electron chi connectivity index (χ0n) is 23.6. The first-order valence-electron chi connectivity index (χ1n) is 13.2. The predicted molar refractivity (Wildman–Crippen MR) is 153 cm³/mol. The Morgan fingerprint density at radius 3 is 1.80 bits per heavy atom. The third kappa shape index (κ3) is 10.0. The molecule has 0 fully saturated rings. The molecule has 10 nitrogen and oxygen atoms in total. The van der Waals surface area contributed by atoms with Crippen LogP contribution in [0.1, 0.15) is 45.7 Å². The Hall–Kier alpha value is -4.47. The van der Waals surface area contributed by atoms with Crippen molar-refractivity contribution in [3.05, 3.63) is 77.5 Å². The van der Waals surface area contributed by atoms with Crippen molar-refractivity contribution < 1.29 is 24.0 Å². The third-order valence-electron chi connectivity index (χ3n) is 6.10. The smallest absolute Gasteiger partial charge is 0.268 e. The van der Waals surface area contributed by atoms with E-state index in [1.54, 1.807) is 52.0 Å². The van der Waals surface area contributed by atoms with E-state index in [9.17, 15) is 24.0 Å². The van der Waals surface area contributed by atoms with Gasteiger partial charge in [0.05, 0.1) is 0 Å². The Bertz CT molecular complexity index is 1210. The minimum absolute atomic E-state index is 0.124. The summed E-state index contributed by atoms with van der Waals surface area (Å²) >= 11 is 0. The van der Waals surface area contributed by atoms with Gasteiger partial charge in [-0.05, 0) is 29.0 Å². The number of carbonyl (C=O) groups excluding carboxylic acids is 5. The van der Waals surface area contributed by atoms with Crippen molar-refractivity contribution >= 4 is 35.6 Å². The number of carbonyl (C=O) groups is 5. The van der Waals surface area contributed by atoms with Crippen molar-refractivity contribution in [1.29, 1.82) is 0 Å². The molecule has 0 spiro atoms. The zero-order valence-corrected chi connectivity index (χ0v) is 23.6. The molecule has 2 aromatic carbocycles. The molecule has 5 amide bonds. The van der Waals surface area contributed by atoms with Gasteiger partial charge in [-0.3, -0.25) is 24.0 Å². The lowest BCUT2D eigenvalue weighted by Gasteiger charge is -2.25. The van der Waals surface area contributed by atoms with Crippen molar-refractivity contribution in [2.45, 2.75) is 59.2 Å². The van der Waals surface area contributed by atoms with Crippen LogP contribution in [0, 0.1) is 11.8 Å². The van der Waals surface area contributed by atoms with Gasteiger partial charge in [-0.25, -0.2) is 0 Å². The minimum atomic E-state index is -1.09. The zero-order chi connectivity index (χ0) is 29.8. The highest BCUT2D eigenvalue weighted by atomic mass is 16.2. The molecule has 214 valence electrons. The van der Waals surface area contributed by atoms with Crippen LogP contribution in [0.25, 0.3) is 6.08 Å². The second-order valence-corrected chi connectivity index (χ2v) is 10.2. The standard InChI is InChI=1S/C30H39N5O5/c1-18(2)25(27(31)37)35-29(39)24(17-22-14-10-7-11-15-22)33-28(38)23(16-21-12-8-6-9-13-21)34-30(40)26(19(3)4)32-20(5)36/h6-15,17-19,23,25-26H,16H2,1-5H3,(H2,31,37)(H,32,36)(H,33,38)(H,34,40)(H,35,39)/b24-17+/t23-,25-,26-/m0/s1. The number of nitrogens with one attached hydrogen (secondary N) is 4. The molecular formula is C30H39N5O5. The molecule has 2 aromatic rings. The largest absolute Gasteiger partial charge is 0.368 e. The van der Waals surface area contributed by atoms with Crippen LogP contribution in [-0.4, -0.2) is 47.7 Å². The van der Waals surface area contributed by atoms with Crippen molar-refractivity contribution in [3.63, 3.8) is 0 Å². The molecule has 0 aliphatic rings. The summed E-state index contributed by atoms with van der Waals surface area (Å²) in [6, 6.07) is 15.0. The number of rotatable bonds is 13. The fourth-order valence-corrected chi connectivity index (χ4v) is 3.95. The maximum Gasteiger partial charge on any atom is 0.268 e. The predicted octanol–water partition coefficient (Wildman–Crippen LogP) is 1.66. The minimum Gasteiger partial charge on any atom is -0.368 e. The number of amides is 5. The first kappa shape index (κ1) is 31.7. The topological polar surface area (TPSA) is 159 Å². The Morgan fingerprint density at radius 1 is 0.750 bits per heavy atom. The number of hydrogen-bond donors (Lipinski definition) is 5. The molecule has 0 aliphatic carbocycles. The van der Waals surface area contributed by atoms with E-state index >= 15 is 0 Å². The summed E-state index contributed by atoms with van der Waals surface area (Å²) in [7, 11) is 0.